The van der Waals surface area contributed by atoms with Crippen molar-refractivity contribution in [3.8, 4) is 0 Å². The van der Waals surface area contributed by atoms with Gasteiger partial charge >= 0.3 is 0 Å². The lowest BCUT2D eigenvalue weighted by molar-refractivity contribution is -0.129. The van der Waals surface area contributed by atoms with Gasteiger partial charge in [0.15, 0.2) is 5.82 Å². The largest absolute Gasteiger partial charge is 0.361 e. The molecule has 0 saturated carbocycles. The van der Waals surface area contributed by atoms with Gasteiger partial charge in [-0.05, 0) is 12.8 Å². The van der Waals surface area contributed by atoms with E-state index in [-0.39, 0.29) is 11.9 Å². The number of aromatic nitrogens is 2. The maximum absolute atomic E-state index is 11.6. The van der Waals surface area contributed by atoms with Crippen molar-refractivity contribution in [2.45, 2.75) is 25.8 Å². The standard InChI is InChI=1S/C12H18N4O/c1-9(17)16-8-4-5-10(16)11-12(15(2)3)14-7-6-13-11/h6-7,10H,4-5,8H2,1-3H3. The molecule has 17 heavy (non-hydrogen) atoms. The summed E-state index contributed by atoms with van der Waals surface area (Å²) in [6.45, 7) is 2.44. The summed E-state index contributed by atoms with van der Waals surface area (Å²) in [5.74, 6) is 0.966. The van der Waals surface area contributed by atoms with E-state index in [1.165, 1.54) is 0 Å². The van der Waals surface area contributed by atoms with Gasteiger partial charge in [0.05, 0.1) is 6.04 Å². The maximum Gasteiger partial charge on any atom is 0.220 e. The summed E-state index contributed by atoms with van der Waals surface area (Å²) in [6, 6.07) is 0.0820. The summed E-state index contributed by atoms with van der Waals surface area (Å²) in [4.78, 5) is 24.2. The molecule has 1 saturated heterocycles. The van der Waals surface area contributed by atoms with Gasteiger partial charge in [-0.3, -0.25) is 9.78 Å². The average Bonchev–Trinajstić information content (AvgIpc) is 2.77. The first-order valence-electron chi connectivity index (χ1n) is 5.86. The molecule has 0 aliphatic carbocycles. The molecular formula is C12H18N4O. The quantitative estimate of drug-likeness (QED) is 0.772. The molecule has 0 aromatic carbocycles. The number of hydrogen-bond acceptors (Lipinski definition) is 4. The van der Waals surface area contributed by atoms with Crippen molar-refractivity contribution in [3.05, 3.63) is 18.1 Å². The van der Waals surface area contributed by atoms with Crippen LogP contribution >= 0.6 is 0 Å². The highest BCUT2D eigenvalue weighted by atomic mass is 16.2. The van der Waals surface area contributed by atoms with E-state index < -0.39 is 0 Å². The first-order valence-corrected chi connectivity index (χ1v) is 5.86. The number of likely N-dealkylation sites (tertiary alicyclic amines) is 1. The Bertz CT molecular complexity index is 419. The number of amides is 1. The van der Waals surface area contributed by atoms with E-state index in [2.05, 4.69) is 9.97 Å². The second-order valence-electron chi connectivity index (χ2n) is 4.53. The molecule has 92 valence electrons. The zero-order valence-corrected chi connectivity index (χ0v) is 10.6. The summed E-state index contributed by atoms with van der Waals surface area (Å²) in [5.41, 5.74) is 0.908. The molecule has 5 nitrogen and oxygen atoms in total. The molecule has 1 fully saturated rings. The van der Waals surface area contributed by atoms with E-state index in [1.54, 1.807) is 19.3 Å². The van der Waals surface area contributed by atoms with Crippen LogP contribution in [-0.2, 0) is 4.79 Å². The van der Waals surface area contributed by atoms with Crippen LogP contribution in [0.2, 0.25) is 0 Å². The van der Waals surface area contributed by atoms with Crippen LogP contribution in [0.5, 0.6) is 0 Å². The van der Waals surface area contributed by atoms with Gasteiger partial charge in [-0.25, -0.2) is 4.98 Å². The number of hydrogen-bond donors (Lipinski definition) is 0. The lowest BCUT2D eigenvalue weighted by Gasteiger charge is -2.25. The van der Waals surface area contributed by atoms with E-state index in [1.807, 2.05) is 23.9 Å². The second-order valence-corrected chi connectivity index (χ2v) is 4.53. The highest BCUT2D eigenvalue weighted by molar-refractivity contribution is 5.74. The molecule has 1 aliphatic rings. The van der Waals surface area contributed by atoms with Crippen LogP contribution in [0.3, 0.4) is 0 Å². The fourth-order valence-electron chi connectivity index (χ4n) is 2.35. The van der Waals surface area contributed by atoms with Gasteiger partial charge in [-0.2, -0.15) is 0 Å². The van der Waals surface area contributed by atoms with Crippen molar-refractivity contribution < 1.29 is 4.79 Å². The Balaban J connectivity index is 2.36. The van der Waals surface area contributed by atoms with Gasteiger partial charge in [-0.15, -0.1) is 0 Å². The number of anilines is 1. The minimum absolute atomic E-state index is 0.0820. The number of rotatable bonds is 2. The zero-order valence-electron chi connectivity index (χ0n) is 10.6. The monoisotopic (exact) mass is 234 g/mol. The van der Waals surface area contributed by atoms with Crippen molar-refractivity contribution in [1.82, 2.24) is 14.9 Å². The topological polar surface area (TPSA) is 49.3 Å². The number of nitrogens with zero attached hydrogens (tertiary/aromatic N) is 4. The Morgan fingerprint density at radius 2 is 2.12 bits per heavy atom. The second kappa shape index (κ2) is 4.69. The predicted octanol–water partition coefficient (Wildman–Crippen LogP) is 1.23. The third kappa shape index (κ3) is 2.23. The predicted molar refractivity (Wildman–Crippen MR) is 65.7 cm³/mol. The van der Waals surface area contributed by atoms with Crippen molar-refractivity contribution in [2.75, 3.05) is 25.5 Å². The summed E-state index contributed by atoms with van der Waals surface area (Å²) in [5, 5.41) is 0. The fourth-order valence-corrected chi connectivity index (χ4v) is 2.35. The number of carbonyl (C=O) groups is 1. The van der Waals surface area contributed by atoms with Gasteiger partial charge in [0.25, 0.3) is 0 Å². The lowest BCUT2D eigenvalue weighted by Crippen LogP contribution is -2.30. The SMILES string of the molecule is CC(=O)N1CCCC1c1nccnc1N(C)C. The van der Waals surface area contributed by atoms with Crippen molar-refractivity contribution in [3.63, 3.8) is 0 Å². The summed E-state index contributed by atoms with van der Waals surface area (Å²) in [7, 11) is 3.89. The zero-order chi connectivity index (χ0) is 12.4. The van der Waals surface area contributed by atoms with E-state index in [9.17, 15) is 4.79 Å². The summed E-state index contributed by atoms with van der Waals surface area (Å²) >= 11 is 0. The Kier molecular flexibility index (Phi) is 3.26. The average molecular weight is 234 g/mol. The minimum atomic E-state index is 0.0820. The van der Waals surface area contributed by atoms with E-state index >= 15 is 0 Å². The van der Waals surface area contributed by atoms with Crippen LogP contribution in [0.25, 0.3) is 0 Å². The molecule has 0 N–H and O–H groups in total. The maximum atomic E-state index is 11.6. The van der Waals surface area contributed by atoms with Crippen LogP contribution in [0.15, 0.2) is 12.4 Å². The highest BCUT2D eigenvalue weighted by Crippen LogP contribution is 2.34. The molecule has 5 heteroatoms. The fraction of sp³-hybridized carbons (Fsp3) is 0.583. The smallest absolute Gasteiger partial charge is 0.220 e. The van der Waals surface area contributed by atoms with Crippen molar-refractivity contribution in [1.29, 1.82) is 0 Å². The lowest BCUT2D eigenvalue weighted by atomic mass is 10.1. The van der Waals surface area contributed by atoms with Crippen LogP contribution in [0, 0.1) is 0 Å². The first-order chi connectivity index (χ1) is 8.11. The molecule has 0 radical (unpaired) electrons. The molecule has 1 aliphatic heterocycles. The van der Waals surface area contributed by atoms with E-state index in [0.717, 1.165) is 30.9 Å². The molecule has 1 aromatic rings. The summed E-state index contributed by atoms with van der Waals surface area (Å²) in [6.07, 6.45) is 5.39. The van der Waals surface area contributed by atoms with Gasteiger partial charge in [0, 0.05) is 40.0 Å². The van der Waals surface area contributed by atoms with Gasteiger partial charge < -0.3 is 9.80 Å². The van der Waals surface area contributed by atoms with Crippen molar-refractivity contribution >= 4 is 11.7 Å². The van der Waals surface area contributed by atoms with Gasteiger partial charge in [0.2, 0.25) is 5.91 Å². The minimum Gasteiger partial charge on any atom is -0.361 e. The molecule has 1 unspecified atom stereocenters. The Hall–Kier alpha value is -1.65. The Morgan fingerprint density at radius 3 is 2.76 bits per heavy atom. The van der Waals surface area contributed by atoms with Crippen LogP contribution in [0.1, 0.15) is 31.5 Å². The third-order valence-electron chi connectivity index (χ3n) is 3.10. The first kappa shape index (κ1) is 11.8. The Labute approximate surface area is 101 Å². The van der Waals surface area contributed by atoms with Crippen molar-refractivity contribution in [2.24, 2.45) is 0 Å². The molecule has 2 rings (SSSR count). The van der Waals surface area contributed by atoms with E-state index in [4.69, 9.17) is 0 Å². The van der Waals surface area contributed by atoms with Crippen LogP contribution < -0.4 is 4.90 Å². The Morgan fingerprint density at radius 1 is 1.41 bits per heavy atom. The molecule has 0 bridgehead atoms. The molecule has 2 heterocycles. The van der Waals surface area contributed by atoms with E-state index in [0.29, 0.717) is 0 Å². The molecule has 1 atom stereocenters. The molecule has 0 spiro atoms. The third-order valence-corrected chi connectivity index (χ3v) is 3.10. The highest BCUT2D eigenvalue weighted by Gasteiger charge is 2.31. The van der Waals surface area contributed by atoms with Gasteiger partial charge in [0.1, 0.15) is 5.69 Å². The molecule has 1 amide bonds. The molecule has 1 aromatic heterocycles. The molecular weight excluding hydrogens is 216 g/mol. The van der Waals surface area contributed by atoms with Gasteiger partial charge in [-0.1, -0.05) is 0 Å². The normalized spacial score (nSPS) is 19.5. The number of carbonyl (C=O) groups excluding carboxylic acids is 1. The van der Waals surface area contributed by atoms with Crippen LogP contribution in [0.4, 0.5) is 5.82 Å². The van der Waals surface area contributed by atoms with Crippen LogP contribution in [-0.4, -0.2) is 41.4 Å². The summed E-state index contributed by atoms with van der Waals surface area (Å²) < 4.78 is 0.